The van der Waals surface area contributed by atoms with Gasteiger partial charge in [0.1, 0.15) is 0 Å². The summed E-state index contributed by atoms with van der Waals surface area (Å²) < 4.78 is 0. The molecule has 19 heavy (non-hydrogen) atoms. The number of carbonyl (C=O) groups is 1. The molecule has 0 aliphatic heterocycles. The zero-order valence-electron chi connectivity index (χ0n) is 12.1. The first-order valence-electron chi connectivity index (χ1n) is 7.86. The predicted molar refractivity (Wildman–Crippen MR) is 82.3 cm³/mol. The Morgan fingerprint density at radius 1 is 1.26 bits per heavy atom. The number of carbonyl (C=O) groups excluding carboxylic acids is 1. The topological polar surface area (TPSA) is 55.1 Å². The third-order valence-electron chi connectivity index (χ3n) is 4.58. The van der Waals surface area contributed by atoms with Gasteiger partial charge >= 0.3 is 0 Å². The highest BCUT2D eigenvalue weighted by atomic mass is 32.2. The normalized spacial score (nSPS) is 32.6. The number of hydrogen-bond donors (Lipinski definition) is 2. The van der Waals surface area contributed by atoms with Crippen LogP contribution in [-0.4, -0.2) is 28.5 Å². The summed E-state index contributed by atoms with van der Waals surface area (Å²) in [6.45, 7) is 3.03. The largest absolute Gasteiger partial charge is 0.368 e. The maximum absolute atomic E-state index is 11.9. The molecule has 3 N–H and O–H groups in total. The first-order valence-corrected chi connectivity index (χ1v) is 8.81. The van der Waals surface area contributed by atoms with Crippen molar-refractivity contribution in [3.8, 4) is 0 Å². The smallest absolute Gasteiger partial charge is 0.237 e. The molecule has 2 saturated carbocycles. The summed E-state index contributed by atoms with van der Waals surface area (Å²) in [6.07, 6.45) is 10.8. The fourth-order valence-electron chi connectivity index (χ4n) is 3.47. The van der Waals surface area contributed by atoms with Gasteiger partial charge < -0.3 is 11.1 Å². The molecule has 110 valence electrons. The molecule has 2 aliphatic carbocycles. The summed E-state index contributed by atoms with van der Waals surface area (Å²) in [4.78, 5) is 11.9. The third-order valence-corrected chi connectivity index (χ3v) is 6.22. The van der Waals surface area contributed by atoms with Gasteiger partial charge in [0.2, 0.25) is 5.91 Å². The SMILES string of the molecule is CCCNC1(C(N)=O)CCCC(SC2CCCC2)C1. The van der Waals surface area contributed by atoms with Crippen LogP contribution in [0.5, 0.6) is 0 Å². The van der Waals surface area contributed by atoms with E-state index in [1.807, 2.05) is 0 Å². The number of amides is 1. The Balaban J connectivity index is 1.93. The Morgan fingerprint density at radius 2 is 1.95 bits per heavy atom. The molecule has 0 heterocycles. The van der Waals surface area contributed by atoms with Gasteiger partial charge in [-0.3, -0.25) is 4.79 Å². The van der Waals surface area contributed by atoms with Crippen LogP contribution in [0.1, 0.15) is 64.7 Å². The first kappa shape index (κ1) is 15.2. The van der Waals surface area contributed by atoms with Crippen molar-refractivity contribution in [2.45, 2.75) is 80.7 Å². The third kappa shape index (κ3) is 3.88. The van der Waals surface area contributed by atoms with E-state index in [0.717, 1.165) is 37.5 Å². The molecule has 2 aliphatic rings. The monoisotopic (exact) mass is 284 g/mol. The number of nitrogens with two attached hydrogens (primary N) is 1. The second kappa shape index (κ2) is 6.98. The minimum atomic E-state index is -0.426. The van der Waals surface area contributed by atoms with E-state index >= 15 is 0 Å². The average Bonchev–Trinajstić information content (AvgIpc) is 2.89. The second-order valence-electron chi connectivity index (χ2n) is 6.13. The maximum atomic E-state index is 11.9. The van der Waals surface area contributed by atoms with Crippen molar-refractivity contribution in [1.82, 2.24) is 5.32 Å². The molecule has 1 amide bonds. The standard InChI is InChI=1S/C15H28N2OS/c1-2-10-17-15(14(16)18)9-5-8-13(11-15)19-12-6-3-4-7-12/h12-13,17H,2-11H2,1H3,(H2,16,18). The number of nitrogens with one attached hydrogen (secondary N) is 1. The quantitative estimate of drug-likeness (QED) is 0.788. The van der Waals surface area contributed by atoms with E-state index in [-0.39, 0.29) is 5.91 Å². The van der Waals surface area contributed by atoms with Crippen LogP contribution in [0.2, 0.25) is 0 Å². The van der Waals surface area contributed by atoms with Gasteiger partial charge in [-0.1, -0.05) is 19.8 Å². The van der Waals surface area contributed by atoms with Gasteiger partial charge in [0.15, 0.2) is 0 Å². The highest BCUT2D eigenvalue weighted by molar-refractivity contribution is 8.00. The van der Waals surface area contributed by atoms with Crippen LogP contribution in [0.15, 0.2) is 0 Å². The molecule has 2 atom stereocenters. The van der Waals surface area contributed by atoms with Gasteiger partial charge in [0.25, 0.3) is 0 Å². The summed E-state index contributed by atoms with van der Waals surface area (Å²) in [5.41, 5.74) is 5.28. The number of primary amides is 1. The molecule has 0 saturated heterocycles. The summed E-state index contributed by atoms with van der Waals surface area (Å²) in [6, 6.07) is 0. The Labute approximate surface area is 121 Å². The Kier molecular flexibility index (Phi) is 5.58. The van der Waals surface area contributed by atoms with E-state index in [0.29, 0.717) is 5.25 Å². The van der Waals surface area contributed by atoms with Gasteiger partial charge in [-0.15, -0.1) is 0 Å². The molecule has 2 rings (SSSR count). The van der Waals surface area contributed by atoms with E-state index in [4.69, 9.17) is 5.73 Å². The molecule has 0 spiro atoms. The molecule has 0 aromatic carbocycles. The molecule has 0 radical (unpaired) electrons. The molecular weight excluding hydrogens is 256 g/mol. The lowest BCUT2D eigenvalue weighted by Crippen LogP contribution is -2.58. The Hall–Kier alpha value is -0.220. The molecule has 0 aromatic heterocycles. The van der Waals surface area contributed by atoms with Crippen LogP contribution < -0.4 is 11.1 Å². The minimum absolute atomic E-state index is 0.141. The summed E-state index contributed by atoms with van der Waals surface area (Å²) >= 11 is 2.13. The first-order chi connectivity index (χ1) is 9.16. The predicted octanol–water partition coefficient (Wildman–Crippen LogP) is 2.83. The highest BCUT2D eigenvalue weighted by Crippen LogP contribution is 2.40. The van der Waals surface area contributed by atoms with Gasteiger partial charge in [-0.25, -0.2) is 0 Å². The lowest BCUT2D eigenvalue weighted by Gasteiger charge is -2.39. The van der Waals surface area contributed by atoms with E-state index in [9.17, 15) is 4.79 Å². The molecule has 2 unspecified atom stereocenters. The molecule has 0 aromatic rings. The van der Waals surface area contributed by atoms with Crippen molar-refractivity contribution in [2.75, 3.05) is 6.54 Å². The van der Waals surface area contributed by atoms with Crippen LogP contribution in [0.25, 0.3) is 0 Å². The molecule has 3 nitrogen and oxygen atoms in total. The van der Waals surface area contributed by atoms with Gasteiger partial charge in [0.05, 0.1) is 5.54 Å². The van der Waals surface area contributed by atoms with Crippen molar-refractivity contribution < 1.29 is 4.79 Å². The molecular formula is C15H28N2OS. The number of rotatable bonds is 6. The summed E-state index contributed by atoms with van der Waals surface area (Å²) in [7, 11) is 0. The summed E-state index contributed by atoms with van der Waals surface area (Å²) in [5.74, 6) is -0.141. The van der Waals surface area contributed by atoms with E-state index in [1.54, 1.807) is 0 Å². The Bertz CT molecular complexity index is 305. The van der Waals surface area contributed by atoms with Crippen LogP contribution in [0, 0.1) is 0 Å². The van der Waals surface area contributed by atoms with Crippen molar-refractivity contribution >= 4 is 17.7 Å². The van der Waals surface area contributed by atoms with Gasteiger partial charge in [-0.05, 0) is 51.5 Å². The van der Waals surface area contributed by atoms with Crippen molar-refractivity contribution in [2.24, 2.45) is 5.73 Å². The fourth-order valence-corrected chi connectivity index (χ4v) is 5.31. The fraction of sp³-hybridized carbons (Fsp3) is 0.933. The van der Waals surface area contributed by atoms with Crippen LogP contribution >= 0.6 is 11.8 Å². The summed E-state index contributed by atoms with van der Waals surface area (Å²) in [5, 5.41) is 4.90. The van der Waals surface area contributed by atoms with E-state index in [1.165, 1.54) is 32.1 Å². The van der Waals surface area contributed by atoms with Crippen LogP contribution in [0.4, 0.5) is 0 Å². The van der Waals surface area contributed by atoms with Gasteiger partial charge in [0, 0.05) is 10.5 Å². The van der Waals surface area contributed by atoms with Crippen LogP contribution in [-0.2, 0) is 4.79 Å². The van der Waals surface area contributed by atoms with Crippen molar-refractivity contribution in [3.05, 3.63) is 0 Å². The maximum Gasteiger partial charge on any atom is 0.237 e. The number of hydrogen-bond acceptors (Lipinski definition) is 3. The van der Waals surface area contributed by atoms with Crippen LogP contribution in [0.3, 0.4) is 0 Å². The minimum Gasteiger partial charge on any atom is -0.368 e. The average molecular weight is 284 g/mol. The van der Waals surface area contributed by atoms with Crippen molar-refractivity contribution in [3.63, 3.8) is 0 Å². The lowest BCUT2D eigenvalue weighted by atomic mass is 9.80. The van der Waals surface area contributed by atoms with E-state index in [2.05, 4.69) is 24.0 Å². The number of thioether (sulfide) groups is 1. The molecule has 2 fully saturated rings. The zero-order chi connectivity index (χ0) is 13.7. The lowest BCUT2D eigenvalue weighted by molar-refractivity contribution is -0.125. The van der Waals surface area contributed by atoms with Crippen molar-refractivity contribution in [1.29, 1.82) is 0 Å². The molecule has 4 heteroatoms. The molecule has 0 bridgehead atoms. The Morgan fingerprint density at radius 3 is 2.58 bits per heavy atom. The van der Waals surface area contributed by atoms with E-state index < -0.39 is 5.54 Å². The second-order valence-corrected chi connectivity index (χ2v) is 7.74. The van der Waals surface area contributed by atoms with Gasteiger partial charge in [-0.2, -0.15) is 11.8 Å². The zero-order valence-corrected chi connectivity index (χ0v) is 12.9. The highest BCUT2D eigenvalue weighted by Gasteiger charge is 2.41.